The van der Waals surface area contributed by atoms with Crippen molar-refractivity contribution in [3.8, 4) is 0 Å². The number of hydrogen-bond donors (Lipinski definition) is 1. The number of amides is 1. The molecule has 1 atom stereocenters. The normalized spacial score (nSPS) is 17.2. The minimum absolute atomic E-state index is 0.0466. The van der Waals surface area contributed by atoms with E-state index >= 15 is 0 Å². The second kappa shape index (κ2) is 6.90. The van der Waals surface area contributed by atoms with Gasteiger partial charge in [-0.15, -0.1) is 10.2 Å². The number of nitrogen functional groups attached to an aromatic ring is 1. The monoisotopic (exact) mass is 430 g/mol. The number of piperidine rings is 1. The topological polar surface area (TPSA) is 115 Å². The van der Waals surface area contributed by atoms with Crippen molar-refractivity contribution in [2.24, 2.45) is 0 Å². The summed E-state index contributed by atoms with van der Waals surface area (Å²) in [6, 6.07) is 1.91. The molecule has 1 fully saturated rings. The molecule has 5 rings (SSSR count). The quantitative estimate of drug-likeness (QED) is 0.519. The molecule has 4 aromatic rings. The summed E-state index contributed by atoms with van der Waals surface area (Å²) in [6.45, 7) is 2.81. The highest BCUT2D eigenvalue weighted by molar-refractivity contribution is 7.05. The average molecular weight is 430 g/mol. The fraction of sp³-hybridized carbons (Fsp3) is 0.333. The average Bonchev–Trinajstić information content (AvgIpc) is 3.36. The maximum absolute atomic E-state index is 14.2. The molecule has 9 nitrogen and oxygen atoms in total. The van der Waals surface area contributed by atoms with Gasteiger partial charge in [0.15, 0.2) is 23.0 Å². The van der Waals surface area contributed by atoms with Gasteiger partial charge >= 0.3 is 0 Å². The van der Waals surface area contributed by atoms with E-state index in [-0.39, 0.29) is 34.3 Å². The van der Waals surface area contributed by atoms with Crippen molar-refractivity contribution in [1.29, 1.82) is 0 Å². The Morgan fingerprint density at radius 1 is 1.30 bits per heavy atom. The fourth-order valence-corrected chi connectivity index (χ4v) is 4.26. The number of likely N-dealkylation sites (tertiary alicyclic amines) is 1. The lowest BCUT2D eigenvalue weighted by molar-refractivity contribution is 0.0698. The second-order valence-electron chi connectivity index (χ2n) is 7.23. The highest BCUT2D eigenvalue weighted by Crippen LogP contribution is 2.29. The third kappa shape index (κ3) is 2.95. The SMILES string of the molecule is Cc1snnc1C(=O)N1CCCC(c2nc3c4cc(F)cc(F)c4nc(N)n3n2)C1. The van der Waals surface area contributed by atoms with Crippen LogP contribution in [-0.2, 0) is 0 Å². The molecule has 1 aromatic carbocycles. The van der Waals surface area contributed by atoms with Gasteiger partial charge in [0.05, 0.1) is 10.3 Å². The maximum atomic E-state index is 14.2. The zero-order valence-corrected chi connectivity index (χ0v) is 16.7. The second-order valence-corrected chi connectivity index (χ2v) is 8.19. The first-order valence-corrected chi connectivity index (χ1v) is 10.1. The molecule has 4 heterocycles. The minimum atomic E-state index is -0.814. The summed E-state index contributed by atoms with van der Waals surface area (Å²) in [7, 11) is 0. The van der Waals surface area contributed by atoms with E-state index in [9.17, 15) is 13.6 Å². The standard InChI is InChI=1S/C18H16F2N8OS/c1-8-13(24-26-30-8)17(29)27-4-2-3-9(7-27)15-23-16-11-5-10(19)6-12(20)14(11)22-18(21)28(16)25-15/h5-6,9H,2-4,7H2,1H3,(H2,21,22). The van der Waals surface area contributed by atoms with E-state index < -0.39 is 11.6 Å². The van der Waals surface area contributed by atoms with Gasteiger partial charge in [-0.2, -0.15) is 4.52 Å². The van der Waals surface area contributed by atoms with Crippen molar-refractivity contribution < 1.29 is 13.6 Å². The van der Waals surface area contributed by atoms with E-state index in [1.165, 1.54) is 16.0 Å². The minimum Gasteiger partial charge on any atom is -0.368 e. The molecule has 154 valence electrons. The first-order chi connectivity index (χ1) is 14.4. The molecule has 12 heteroatoms. The molecule has 2 N–H and O–H groups in total. The third-order valence-corrected chi connectivity index (χ3v) is 5.89. The van der Waals surface area contributed by atoms with Gasteiger partial charge in [-0.3, -0.25) is 4.79 Å². The van der Waals surface area contributed by atoms with Crippen molar-refractivity contribution in [2.45, 2.75) is 25.7 Å². The zero-order valence-electron chi connectivity index (χ0n) is 15.8. The Morgan fingerprint density at radius 3 is 2.90 bits per heavy atom. The molecule has 1 aliphatic rings. The number of halogens is 2. The molecule has 1 amide bonds. The Hall–Kier alpha value is -3.28. The number of nitrogens with zero attached hydrogens (tertiary/aromatic N) is 7. The van der Waals surface area contributed by atoms with Gasteiger partial charge in [0.2, 0.25) is 5.95 Å². The summed E-state index contributed by atoms with van der Waals surface area (Å²) in [4.78, 5) is 23.8. The van der Waals surface area contributed by atoms with Crippen LogP contribution in [0.5, 0.6) is 0 Å². The summed E-state index contributed by atoms with van der Waals surface area (Å²) in [5, 5.41) is 8.55. The number of benzene rings is 1. The predicted octanol–water partition coefficient (Wildman–Crippen LogP) is 2.32. The van der Waals surface area contributed by atoms with Gasteiger partial charge in [-0.05, 0) is 37.4 Å². The van der Waals surface area contributed by atoms with Crippen LogP contribution in [0.15, 0.2) is 12.1 Å². The number of anilines is 1. The lowest BCUT2D eigenvalue weighted by Gasteiger charge is -2.31. The van der Waals surface area contributed by atoms with E-state index in [0.29, 0.717) is 24.6 Å². The first kappa shape index (κ1) is 18.7. The van der Waals surface area contributed by atoms with E-state index in [2.05, 4.69) is 24.7 Å². The number of rotatable bonds is 2. The molecule has 0 spiro atoms. The fourth-order valence-electron chi connectivity index (χ4n) is 3.80. The summed E-state index contributed by atoms with van der Waals surface area (Å²) in [5.41, 5.74) is 6.46. The largest absolute Gasteiger partial charge is 0.368 e. The summed E-state index contributed by atoms with van der Waals surface area (Å²) in [5.74, 6) is -1.47. The number of aromatic nitrogens is 6. The highest BCUT2D eigenvalue weighted by Gasteiger charge is 2.30. The lowest BCUT2D eigenvalue weighted by atomic mass is 9.97. The van der Waals surface area contributed by atoms with Crippen LogP contribution in [-0.4, -0.2) is 53.1 Å². The van der Waals surface area contributed by atoms with Gasteiger partial charge in [0.1, 0.15) is 11.3 Å². The third-order valence-electron chi connectivity index (χ3n) is 5.26. The molecule has 1 aliphatic heterocycles. The summed E-state index contributed by atoms with van der Waals surface area (Å²) >= 11 is 1.18. The van der Waals surface area contributed by atoms with Crippen molar-refractivity contribution >= 4 is 39.9 Å². The number of hydrogen-bond acceptors (Lipinski definition) is 8. The molecular weight excluding hydrogens is 414 g/mol. The van der Waals surface area contributed by atoms with Crippen LogP contribution < -0.4 is 5.73 Å². The van der Waals surface area contributed by atoms with Gasteiger partial charge in [0, 0.05) is 25.1 Å². The summed E-state index contributed by atoms with van der Waals surface area (Å²) < 4.78 is 33.1. The van der Waals surface area contributed by atoms with E-state index in [1.54, 1.807) is 4.90 Å². The summed E-state index contributed by atoms with van der Waals surface area (Å²) in [6.07, 6.45) is 1.53. The maximum Gasteiger partial charge on any atom is 0.275 e. The Balaban J connectivity index is 1.53. The van der Waals surface area contributed by atoms with Crippen LogP contribution in [0.4, 0.5) is 14.7 Å². The smallest absolute Gasteiger partial charge is 0.275 e. The van der Waals surface area contributed by atoms with Crippen molar-refractivity contribution in [3.05, 3.63) is 40.2 Å². The van der Waals surface area contributed by atoms with Gasteiger partial charge in [-0.1, -0.05) is 4.49 Å². The molecule has 0 aliphatic carbocycles. The first-order valence-electron chi connectivity index (χ1n) is 9.31. The molecule has 0 radical (unpaired) electrons. The number of carbonyl (C=O) groups is 1. The molecule has 30 heavy (non-hydrogen) atoms. The van der Waals surface area contributed by atoms with E-state index in [0.717, 1.165) is 29.9 Å². The number of fused-ring (bicyclic) bond motifs is 3. The molecule has 0 bridgehead atoms. The number of aryl methyl sites for hydroxylation is 1. The molecule has 0 saturated carbocycles. The molecule has 1 unspecified atom stereocenters. The van der Waals surface area contributed by atoms with Crippen molar-refractivity contribution in [1.82, 2.24) is 34.1 Å². The molecular formula is C18H16F2N8OS. The Labute approximate surface area is 172 Å². The Kier molecular flexibility index (Phi) is 4.31. The Bertz CT molecular complexity index is 1300. The zero-order chi connectivity index (χ0) is 21.0. The van der Waals surface area contributed by atoms with Crippen LogP contribution in [0.2, 0.25) is 0 Å². The van der Waals surface area contributed by atoms with Crippen LogP contribution in [0.3, 0.4) is 0 Å². The lowest BCUT2D eigenvalue weighted by Crippen LogP contribution is -2.39. The molecule has 1 saturated heterocycles. The predicted molar refractivity (Wildman–Crippen MR) is 105 cm³/mol. The highest BCUT2D eigenvalue weighted by atomic mass is 32.1. The molecule has 3 aromatic heterocycles. The van der Waals surface area contributed by atoms with Crippen LogP contribution in [0.1, 0.15) is 39.9 Å². The van der Waals surface area contributed by atoms with Gasteiger partial charge in [0.25, 0.3) is 5.91 Å². The van der Waals surface area contributed by atoms with Gasteiger partial charge in [-0.25, -0.2) is 18.7 Å². The van der Waals surface area contributed by atoms with Crippen LogP contribution in [0.25, 0.3) is 16.6 Å². The van der Waals surface area contributed by atoms with Gasteiger partial charge < -0.3 is 10.6 Å². The number of carbonyl (C=O) groups excluding carboxylic acids is 1. The van der Waals surface area contributed by atoms with E-state index in [1.807, 2.05) is 6.92 Å². The van der Waals surface area contributed by atoms with E-state index in [4.69, 9.17) is 5.73 Å². The van der Waals surface area contributed by atoms with Crippen molar-refractivity contribution in [3.63, 3.8) is 0 Å². The van der Waals surface area contributed by atoms with Crippen molar-refractivity contribution in [2.75, 3.05) is 18.8 Å². The van der Waals surface area contributed by atoms with Crippen LogP contribution in [0, 0.1) is 18.6 Å². The van der Waals surface area contributed by atoms with Crippen LogP contribution >= 0.6 is 11.5 Å². The number of nitrogens with two attached hydrogens (primary N) is 1. The Morgan fingerprint density at radius 2 is 2.13 bits per heavy atom.